The van der Waals surface area contributed by atoms with Gasteiger partial charge in [0.2, 0.25) is 5.91 Å². The summed E-state index contributed by atoms with van der Waals surface area (Å²) in [5.74, 6) is 1.45. The minimum absolute atomic E-state index is 0.0183. The molecule has 1 fully saturated rings. The van der Waals surface area contributed by atoms with E-state index in [1.54, 1.807) is 0 Å². The second-order valence-electron chi connectivity index (χ2n) is 4.90. The Kier molecular flexibility index (Phi) is 5.70. The van der Waals surface area contributed by atoms with Gasteiger partial charge in [-0.1, -0.05) is 19.3 Å². The van der Waals surface area contributed by atoms with Crippen LogP contribution in [-0.4, -0.2) is 23.0 Å². The molecule has 0 aromatic rings. The third-order valence-electron chi connectivity index (χ3n) is 3.54. The highest BCUT2D eigenvalue weighted by atomic mass is 16.4. The van der Waals surface area contributed by atoms with E-state index in [4.69, 9.17) is 11.5 Å². The molecule has 0 aliphatic heterocycles. The Morgan fingerprint density at radius 3 is 2.33 bits per heavy atom. The first-order chi connectivity index (χ1) is 8.58. The second-order valence-corrected chi connectivity index (χ2v) is 4.90. The van der Waals surface area contributed by atoms with E-state index in [2.05, 4.69) is 11.2 Å². The zero-order chi connectivity index (χ0) is 13.5. The summed E-state index contributed by atoms with van der Waals surface area (Å²) in [6.07, 6.45) is 9.53. The molecule has 4 nitrogen and oxygen atoms in total. The minimum atomic E-state index is -0.749. The van der Waals surface area contributed by atoms with Crippen molar-refractivity contribution in [1.82, 2.24) is 5.32 Å². The number of carbonyl (C=O) groups excluding carboxylic acids is 1. The molecule has 2 N–H and O–H groups in total. The molecule has 100 valence electrons. The van der Waals surface area contributed by atoms with Crippen molar-refractivity contribution in [2.75, 3.05) is 0 Å². The largest absolute Gasteiger partial charge is 0.481 e. The van der Waals surface area contributed by atoms with Crippen molar-refractivity contribution in [1.29, 1.82) is 0 Å². The van der Waals surface area contributed by atoms with Crippen LogP contribution in [0.15, 0.2) is 0 Å². The van der Waals surface area contributed by atoms with Crippen LogP contribution in [-0.2, 0) is 9.59 Å². The summed E-state index contributed by atoms with van der Waals surface area (Å²) in [5.41, 5.74) is 0. The Balaban J connectivity index is 2.40. The fourth-order valence-corrected chi connectivity index (χ4v) is 2.38. The van der Waals surface area contributed by atoms with Gasteiger partial charge in [0.15, 0.2) is 0 Å². The van der Waals surface area contributed by atoms with Crippen LogP contribution < -0.4 is 5.32 Å². The number of hydrogen-bond acceptors (Lipinski definition) is 2. The molecule has 1 unspecified atom stereocenters. The SMILES string of the molecule is C#CC(CCC)NC(=O)C1CCC(C(=O)O)CC1. The molecule has 1 rings (SSSR count). The van der Waals surface area contributed by atoms with Gasteiger partial charge in [-0.15, -0.1) is 6.42 Å². The Hall–Kier alpha value is -1.50. The average Bonchev–Trinajstić information content (AvgIpc) is 2.38. The maximum Gasteiger partial charge on any atom is 0.306 e. The molecular formula is C14H21NO3. The van der Waals surface area contributed by atoms with Gasteiger partial charge in [-0.25, -0.2) is 0 Å². The molecule has 0 heterocycles. The summed E-state index contributed by atoms with van der Waals surface area (Å²) in [5, 5.41) is 11.7. The number of aliphatic carboxylic acids is 1. The lowest BCUT2D eigenvalue weighted by Gasteiger charge is -2.26. The van der Waals surface area contributed by atoms with Crippen LogP contribution in [0.25, 0.3) is 0 Å². The summed E-state index contributed by atoms with van der Waals surface area (Å²) in [6.45, 7) is 2.02. The van der Waals surface area contributed by atoms with Crippen LogP contribution in [0.3, 0.4) is 0 Å². The number of terminal acetylenes is 1. The van der Waals surface area contributed by atoms with Gasteiger partial charge < -0.3 is 10.4 Å². The minimum Gasteiger partial charge on any atom is -0.481 e. The zero-order valence-electron chi connectivity index (χ0n) is 10.8. The summed E-state index contributed by atoms with van der Waals surface area (Å²) in [6, 6.07) is -0.195. The van der Waals surface area contributed by atoms with Gasteiger partial charge in [-0.2, -0.15) is 0 Å². The van der Waals surface area contributed by atoms with E-state index in [-0.39, 0.29) is 23.8 Å². The number of amides is 1. The van der Waals surface area contributed by atoms with Gasteiger partial charge in [0.05, 0.1) is 12.0 Å². The number of nitrogens with one attached hydrogen (secondary N) is 1. The van der Waals surface area contributed by atoms with Crippen LogP contribution >= 0.6 is 0 Å². The lowest BCUT2D eigenvalue weighted by atomic mass is 9.81. The normalized spacial score (nSPS) is 24.9. The number of hydrogen-bond donors (Lipinski definition) is 2. The predicted molar refractivity (Wildman–Crippen MR) is 68.8 cm³/mol. The fourth-order valence-electron chi connectivity index (χ4n) is 2.38. The van der Waals surface area contributed by atoms with Gasteiger partial charge in [-0.05, 0) is 32.1 Å². The Labute approximate surface area is 108 Å². The van der Waals surface area contributed by atoms with Gasteiger partial charge in [0.1, 0.15) is 0 Å². The Bertz CT molecular complexity index is 337. The van der Waals surface area contributed by atoms with Gasteiger partial charge in [0, 0.05) is 5.92 Å². The molecule has 0 aromatic heterocycles. The number of carboxylic acid groups (broad SMARTS) is 1. The summed E-state index contributed by atoms with van der Waals surface area (Å²) >= 11 is 0. The third-order valence-corrected chi connectivity index (χ3v) is 3.54. The van der Waals surface area contributed by atoms with E-state index in [1.807, 2.05) is 6.92 Å². The lowest BCUT2D eigenvalue weighted by Crippen LogP contribution is -2.39. The van der Waals surface area contributed by atoms with E-state index in [9.17, 15) is 9.59 Å². The first kappa shape index (κ1) is 14.6. The standard InChI is InChI=1S/C14H21NO3/c1-3-5-12(4-2)15-13(16)10-6-8-11(9-7-10)14(17)18/h2,10-12H,3,5-9H2,1H3,(H,15,16)(H,17,18). The molecule has 4 heteroatoms. The molecule has 0 spiro atoms. The van der Waals surface area contributed by atoms with Crippen LogP contribution in [0.5, 0.6) is 0 Å². The molecule has 1 aliphatic rings. The molecule has 1 aliphatic carbocycles. The van der Waals surface area contributed by atoms with Crippen molar-refractivity contribution in [3.8, 4) is 12.3 Å². The number of carbonyl (C=O) groups is 2. The Morgan fingerprint density at radius 2 is 1.89 bits per heavy atom. The number of rotatable bonds is 5. The molecule has 0 saturated heterocycles. The first-order valence-corrected chi connectivity index (χ1v) is 6.57. The topological polar surface area (TPSA) is 66.4 Å². The molecule has 0 bridgehead atoms. The number of carboxylic acids is 1. The Morgan fingerprint density at radius 1 is 1.33 bits per heavy atom. The monoisotopic (exact) mass is 251 g/mol. The average molecular weight is 251 g/mol. The second kappa shape index (κ2) is 7.05. The van der Waals surface area contributed by atoms with Crippen molar-refractivity contribution in [3.05, 3.63) is 0 Å². The molecule has 0 radical (unpaired) electrons. The van der Waals surface area contributed by atoms with Gasteiger partial charge in [-0.3, -0.25) is 9.59 Å². The lowest BCUT2D eigenvalue weighted by molar-refractivity contribution is -0.144. The molecule has 1 amide bonds. The van der Waals surface area contributed by atoms with Crippen LogP contribution in [0.1, 0.15) is 45.4 Å². The summed E-state index contributed by atoms with van der Waals surface area (Å²) in [7, 11) is 0. The van der Waals surface area contributed by atoms with Gasteiger partial charge in [0.25, 0.3) is 0 Å². The molecule has 1 atom stereocenters. The zero-order valence-corrected chi connectivity index (χ0v) is 10.8. The van der Waals surface area contributed by atoms with E-state index in [0.717, 1.165) is 12.8 Å². The fraction of sp³-hybridized carbons (Fsp3) is 0.714. The van der Waals surface area contributed by atoms with Crippen molar-refractivity contribution < 1.29 is 14.7 Å². The maximum absolute atomic E-state index is 12.0. The molecule has 0 aromatic carbocycles. The molecule has 18 heavy (non-hydrogen) atoms. The maximum atomic E-state index is 12.0. The van der Waals surface area contributed by atoms with Crippen molar-refractivity contribution >= 4 is 11.9 Å². The van der Waals surface area contributed by atoms with E-state index < -0.39 is 5.97 Å². The first-order valence-electron chi connectivity index (χ1n) is 6.57. The highest BCUT2D eigenvalue weighted by Gasteiger charge is 2.30. The van der Waals surface area contributed by atoms with E-state index in [0.29, 0.717) is 25.7 Å². The van der Waals surface area contributed by atoms with Crippen molar-refractivity contribution in [2.24, 2.45) is 11.8 Å². The van der Waals surface area contributed by atoms with Crippen LogP contribution in [0.2, 0.25) is 0 Å². The highest BCUT2D eigenvalue weighted by molar-refractivity contribution is 5.80. The summed E-state index contributed by atoms with van der Waals surface area (Å²) in [4.78, 5) is 22.8. The predicted octanol–water partition coefficient (Wildman–Crippen LogP) is 1.80. The summed E-state index contributed by atoms with van der Waals surface area (Å²) < 4.78 is 0. The van der Waals surface area contributed by atoms with Crippen LogP contribution in [0, 0.1) is 24.2 Å². The third kappa shape index (κ3) is 4.06. The van der Waals surface area contributed by atoms with E-state index in [1.165, 1.54) is 0 Å². The molecular weight excluding hydrogens is 230 g/mol. The van der Waals surface area contributed by atoms with Crippen molar-refractivity contribution in [3.63, 3.8) is 0 Å². The van der Waals surface area contributed by atoms with E-state index >= 15 is 0 Å². The van der Waals surface area contributed by atoms with Crippen molar-refractivity contribution in [2.45, 2.75) is 51.5 Å². The van der Waals surface area contributed by atoms with Gasteiger partial charge >= 0.3 is 5.97 Å². The van der Waals surface area contributed by atoms with Crippen LogP contribution in [0.4, 0.5) is 0 Å². The quantitative estimate of drug-likeness (QED) is 0.732. The smallest absolute Gasteiger partial charge is 0.306 e. The highest BCUT2D eigenvalue weighted by Crippen LogP contribution is 2.29. The molecule has 1 saturated carbocycles.